The van der Waals surface area contributed by atoms with Gasteiger partial charge in [0.25, 0.3) is 6.43 Å². The van der Waals surface area contributed by atoms with Gasteiger partial charge in [0.2, 0.25) is 0 Å². The quantitative estimate of drug-likeness (QED) is 0.484. The highest BCUT2D eigenvalue weighted by Gasteiger charge is 2.38. The Morgan fingerprint density at radius 2 is 1.87 bits per heavy atom. The van der Waals surface area contributed by atoms with Crippen molar-refractivity contribution in [2.45, 2.75) is 12.6 Å². The average Bonchev–Trinajstić information content (AvgIpc) is 2.06. The van der Waals surface area contributed by atoms with Crippen molar-refractivity contribution in [2.24, 2.45) is 0 Å². The first-order valence-corrected chi connectivity index (χ1v) is 4.56. The highest BCUT2D eigenvalue weighted by atomic mass is 127. The van der Waals surface area contributed by atoms with Gasteiger partial charge in [0.1, 0.15) is 3.70 Å². The zero-order chi connectivity index (χ0) is 11.8. The first-order valence-electron chi connectivity index (χ1n) is 3.48. The third-order valence-corrected chi connectivity index (χ3v) is 2.05. The van der Waals surface area contributed by atoms with E-state index in [2.05, 4.69) is 4.98 Å². The number of pyridine rings is 1. The van der Waals surface area contributed by atoms with Gasteiger partial charge in [0.05, 0.1) is 5.56 Å². The summed E-state index contributed by atoms with van der Waals surface area (Å²) in [6, 6.07) is 0.704. The maximum absolute atomic E-state index is 12.2. The van der Waals surface area contributed by atoms with Crippen LogP contribution in [0.4, 0.5) is 22.0 Å². The van der Waals surface area contributed by atoms with Crippen molar-refractivity contribution in [3.8, 4) is 5.75 Å². The van der Waals surface area contributed by atoms with Crippen molar-refractivity contribution >= 4 is 22.6 Å². The molecule has 0 radical (unpaired) electrons. The molecule has 8 heteroatoms. The molecule has 0 aliphatic rings. The Hall–Kier alpha value is -0.670. The summed E-state index contributed by atoms with van der Waals surface area (Å²) in [6.45, 7) is 0. The van der Waals surface area contributed by atoms with Crippen LogP contribution in [-0.4, -0.2) is 10.1 Å². The van der Waals surface area contributed by atoms with Crippen LogP contribution in [0.5, 0.6) is 5.75 Å². The predicted molar refractivity (Wildman–Crippen MR) is 48.6 cm³/mol. The number of rotatable bonds is 1. The van der Waals surface area contributed by atoms with Crippen molar-refractivity contribution in [3.05, 3.63) is 21.0 Å². The molecular weight excluding hydrogens is 336 g/mol. The lowest BCUT2D eigenvalue weighted by Crippen LogP contribution is -2.10. The summed E-state index contributed by atoms with van der Waals surface area (Å²) in [6.07, 6.45) is -8.13. The SMILES string of the molecule is Oc1c(C(F)F)cc(I)nc1C(F)(F)F. The smallest absolute Gasteiger partial charge is 0.437 e. The minimum Gasteiger partial charge on any atom is -0.505 e. The summed E-state index contributed by atoms with van der Waals surface area (Å²) in [5, 5.41) is 8.95. The predicted octanol–water partition coefficient (Wildman–Crippen LogP) is 3.35. The Labute approximate surface area is 94.3 Å². The molecule has 1 aromatic heterocycles. The van der Waals surface area contributed by atoms with Gasteiger partial charge in [-0.1, -0.05) is 0 Å². The van der Waals surface area contributed by atoms with Crippen LogP contribution in [-0.2, 0) is 6.18 Å². The zero-order valence-corrected chi connectivity index (χ0v) is 8.97. The van der Waals surface area contributed by atoms with Gasteiger partial charge in [0, 0.05) is 0 Å². The van der Waals surface area contributed by atoms with Crippen molar-refractivity contribution < 1.29 is 27.1 Å². The average molecular weight is 339 g/mol. The van der Waals surface area contributed by atoms with Crippen LogP contribution in [0.1, 0.15) is 17.7 Å². The third kappa shape index (κ3) is 2.67. The Kier molecular flexibility index (Phi) is 3.36. The number of aromatic hydroxyl groups is 1. The van der Waals surface area contributed by atoms with E-state index >= 15 is 0 Å². The van der Waals surface area contributed by atoms with Gasteiger partial charge in [-0.05, 0) is 28.7 Å². The second-order valence-corrected chi connectivity index (χ2v) is 3.64. The molecule has 0 aromatic carbocycles. The van der Waals surface area contributed by atoms with Gasteiger partial charge in [-0.25, -0.2) is 13.8 Å². The fraction of sp³-hybridized carbons (Fsp3) is 0.286. The number of nitrogens with zero attached hydrogens (tertiary/aromatic N) is 1. The molecule has 0 fully saturated rings. The molecule has 0 aliphatic heterocycles. The Balaban J connectivity index is 3.42. The molecule has 15 heavy (non-hydrogen) atoms. The summed E-state index contributed by atoms with van der Waals surface area (Å²) in [7, 11) is 0. The van der Waals surface area contributed by atoms with Gasteiger partial charge in [-0.15, -0.1) is 0 Å². The van der Waals surface area contributed by atoms with Gasteiger partial charge < -0.3 is 5.11 Å². The van der Waals surface area contributed by atoms with Crippen LogP contribution in [0.3, 0.4) is 0 Å². The summed E-state index contributed by atoms with van der Waals surface area (Å²) in [4.78, 5) is 2.97. The number of alkyl halides is 5. The van der Waals surface area contributed by atoms with E-state index in [0.717, 1.165) is 0 Å². The summed E-state index contributed by atoms with van der Waals surface area (Å²) >= 11 is 1.37. The van der Waals surface area contributed by atoms with Crippen LogP contribution >= 0.6 is 22.6 Å². The van der Waals surface area contributed by atoms with Gasteiger partial charge in [-0.2, -0.15) is 13.2 Å². The summed E-state index contributed by atoms with van der Waals surface area (Å²) in [5.74, 6) is -1.52. The lowest BCUT2D eigenvalue weighted by Gasteiger charge is -2.11. The van der Waals surface area contributed by atoms with Gasteiger partial charge in [-0.3, -0.25) is 0 Å². The monoisotopic (exact) mass is 339 g/mol. The molecule has 0 saturated carbocycles. The van der Waals surface area contributed by atoms with E-state index in [1.807, 2.05) is 0 Å². The molecule has 0 spiro atoms. The lowest BCUT2D eigenvalue weighted by molar-refractivity contribution is -0.142. The molecule has 0 bridgehead atoms. The molecule has 1 aromatic rings. The standard InChI is InChI=1S/C7H3F5INO/c8-6(9)2-1-3(13)14-5(4(2)15)7(10,11)12/h1,6,15H. The first-order chi connectivity index (χ1) is 6.73. The zero-order valence-electron chi connectivity index (χ0n) is 6.82. The van der Waals surface area contributed by atoms with E-state index in [1.165, 1.54) is 22.6 Å². The maximum Gasteiger partial charge on any atom is 0.437 e. The molecular formula is C7H3F5INO. The molecule has 0 atom stereocenters. The largest absolute Gasteiger partial charge is 0.505 e. The summed E-state index contributed by atoms with van der Waals surface area (Å²) < 4.78 is 60.8. The third-order valence-electron chi connectivity index (χ3n) is 1.49. The second kappa shape index (κ2) is 4.06. The summed E-state index contributed by atoms with van der Waals surface area (Å²) in [5.41, 5.74) is -2.76. The molecule has 0 aliphatic carbocycles. The minimum atomic E-state index is -4.95. The molecule has 0 amide bonds. The normalized spacial score (nSPS) is 12.2. The lowest BCUT2D eigenvalue weighted by atomic mass is 10.2. The Morgan fingerprint density at radius 1 is 1.33 bits per heavy atom. The highest BCUT2D eigenvalue weighted by Crippen LogP contribution is 2.39. The second-order valence-electron chi connectivity index (χ2n) is 2.53. The van der Waals surface area contributed by atoms with Crippen molar-refractivity contribution in [1.29, 1.82) is 0 Å². The molecule has 0 unspecified atom stereocenters. The first kappa shape index (κ1) is 12.4. The van der Waals surface area contributed by atoms with E-state index in [-0.39, 0.29) is 3.70 Å². The Morgan fingerprint density at radius 3 is 2.27 bits per heavy atom. The number of halogens is 6. The van der Waals surface area contributed by atoms with Crippen molar-refractivity contribution in [1.82, 2.24) is 4.98 Å². The van der Waals surface area contributed by atoms with E-state index in [1.54, 1.807) is 0 Å². The topological polar surface area (TPSA) is 33.1 Å². The van der Waals surface area contributed by atoms with Crippen LogP contribution in [0.15, 0.2) is 6.07 Å². The molecule has 1 heterocycles. The number of hydrogen-bond donors (Lipinski definition) is 1. The molecule has 0 saturated heterocycles. The van der Waals surface area contributed by atoms with E-state index in [0.29, 0.717) is 6.07 Å². The maximum atomic E-state index is 12.2. The van der Waals surface area contributed by atoms with Crippen LogP contribution in [0.2, 0.25) is 0 Å². The fourth-order valence-electron chi connectivity index (χ4n) is 0.889. The van der Waals surface area contributed by atoms with Crippen molar-refractivity contribution in [2.75, 3.05) is 0 Å². The molecule has 2 nitrogen and oxygen atoms in total. The van der Waals surface area contributed by atoms with Gasteiger partial charge in [0.15, 0.2) is 11.4 Å². The van der Waals surface area contributed by atoms with Crippen molar-refractivity contribution in [3.63, 3.8) is 0 Å². The van der Waals surface area contributed by atoms with E-state index < -0.39 is 29.6 Å². The number of aromatic nitrogens is 1. The number of hydrogen-bond acceptors (Lipinski definition) is 2. The molecule has 1 N–H and O–H groups in total. The highest BCUT2D eigenvalue weighted by molar-refractivity contribution is 14.1. The minimum absolute atomic E-state index is 0.256. The van der Waals surface area contributed by atoms with E-state index in [4.69, 9.17) is 5.11 Å². The van der Waals surface area contributed by atoms with Crippen LogP contribution in [0.25, 0.3) is 0 Å². The van der Waals surface area contributed by atoms with Gasteiger partial charge >= 0.3 is 6.18 Å². The van der Waals surface area contributed by atoms with Crippen LogP contribution < -0.4 is 0 Å². The Bertz CT molecular complexity index is 378. The fourth-order valence-corrected chi connectivity index (χ4v) is 1.47. The van der Waals surface area contributed by atoms with Crippen LogP contribution in [0, 0.1) is 3.70 Å². The van der Waals surface area contributed by atoms with E-state index in [9.17, 15) is 22.0 Å². The molecule has 1 rings (SSSR count). The molecule has 84 valence electrons.